The lowest BCUT2D eigenvalue weighted by Gasteiger charge is -2.19. The lowest BCUT2D eigenvalue weighted by atomic mass is 10.0. The molecule has 0 bridgehead atoms. The van der Waals surface area contributed by atoms with Crippen LogP contribution in [0.1, 0.15) is 34.3 Å². The zero-order chi connectivity index (χ0) is 23.7. The monoisotopic (exact) mass is 488 g/mol. The van der Waals surface area contributed by atoms with Gasteiger partial charge in [0.1, 0.15) is 17.0 Å². The van der Waals surface area contributed by atoms with Crippen molar-refractivity contribution in [1.29, 1.82) is 0 Å². The summed E-state index contributed by atoms with van der Waals surface area (Å²) < 4.78 is 6.49. The Labute approximate surface area is 205 Å². The average Bonchev–Trinajstić information content (AvgIpc) is 3.45. The smallest absolute Gasteiger partial charge is 0.266 e. The average molecular weight is 489 g/mol. The molecule has 3 heterocycles. The van der Waals surface area contributed by atoms with Gasteiger partial charge in [-0.1, -0.05) is 65.3 Å². The van der Waals surface area contributed by atoms with Crippen LogP contribution in [-0.4, -0.2) is 21.0 Å². The maximum atomic E-state index is 14.1. The zero-order valence-corrected chi connectivity index (χ0v) is 20.2. The normalized spacial score (nSPS) is 11.1. The lowest BCUT2D eigenvalue weighted by molar-refractivity contribution is 0.0984. The van der Waals surface area contributed by atoms with Crippen LogP contribution in [0.15, 0.2) is 71.4 Å². The summed E-state index contributed by atoms with van der Waals surface area (Å²) in [6.45, 7) is 4.10. The highest BCUT2D eigenvalue weighted by molar-refractivity contribution is 7.22. The van der Waals surface area contributed by atoms with Crippen LogP contribution >= 0.6 is 22.9 Å². The number of rotatable bonds is 6. The van der Waals surface area contributed by atoms with Crippen LogP contribution in [-0.2, 0) is 13.0 Å². The molecule has 1 amide bonds. The number of carbonyl (C=O) groups is 1. The molecular weight excluding hydrogens is 468 g/mol. The van der Waals surface area contributed by atoms with Crippen molar-refractivity contribution in [2.24, 2.45) is 0 Å². The first kappa shape index (κ1) is 22.3. The molecular formula is C26H21ClN4O2S. The Hall–Kier alpha value is -3.55. The highest BCUT2D eigenvalue weighted by Gasteiger charge is 2.30. The second-order valence-corrected chi connectivity index (χ2v) is 9.22. The number of anilines is 1. The molecule has 0 aliphatic rings. The highest BCUT2D eigenvalue weighted by Crippen LogP contribution is 2.35. The molecule has 0 saturated carbocycles. The molecule has 0 aliphatic heterocycles. The third kappa shape index (κ3) is 4.20. The Kier molecular flexibility index (Phi) is 6.13. The van der Waals surface area contributed by atoms with Crippen molar-refractivity contribution in [1.82, 2.24) is 15.1 Å². The van der Waals surface area contributed by atoms with Gasteiger partial charge in [-0.3, -0.25) is 14.7 Å². The van der Waals surface area contributed by atoms with Gasteiger partial charge in [0.05, 0.1) is 27.5 Å². The van der Waals surface area contributed by atoms with Gasteiger partial charge in [0.25, 0.3) is 5.91 Å². The molecule has 0 aliphatic carbocycles. The molecule has 5 rings (SSSR count). The SMILES string of the molecule is CCc1ccc2nc(N(Cc3ccccn3)C(=O)c3c(-c4ccccc4Cl)noc3C)sc2c1. The molecule has 0 radical (unpaired) electrons. The number of aromatic nitrogens is 3. The van der Waals surface area contributed by atoms with Gasteiger partial charge in [-0.2, -0.15) is 0 Å². The van der Waals surface area contributed by atoms with Crippen molar-refractivity contribution in [3.63, 3.8) is 0 Å². The number of fused-ring (bicyclic) bond motifs is 1. The lowest BCUT2D eigenvalue weighted by Crippen LogP contribution is -2.31. The van der Waals surface area contributed by atoms with Crippen molar-refractivity contribution in [3.05, 3.63) is 94.5 Å². The van der Waals surface area contributed by atoms with E-state index in [-0.39, 0.29) is 12.5 Å². The number of halogens is 1. The second-order valence-electron chi connectivity index (χ2n) is 7.81. The molecule has 170 valence electrons. The molecule has 6 nitrogen and oxygen atoms in total. The van der Waals surface area contributed by atoms with Crippen LogP contribution in [0.4, 0.5) is 5.13 Å². The number of thiazole rings is 1. The summed E-state index contributed by atoms with van der Waals surface area (Å²) in [6.07, 6.45) is 2.64. The number of benzene rings is 2. The first-order valence-corrected chi connectivity index (χ1v) is 12.1. The molecule has 34 heavy (non-hydrogen) atoms. The van der Waals surface area contributed by atoms with E-state index in [0.717, 1.165) is 22.3 Å². The van der Waals surface area contributed by atoms with E-state index in [1.165, 1.54) is 16.9 Å². The number of amides is 1. The summed E-state index contributed by atoms with van der Waals surface area (Å²) in [7, 11) is 0. The number of aryl methyl sites for hydroxylation is 2. The minimum Gasteiger partial charge on any atom is -0.360 e. The topological polar surface area (TPSA) is 72.1 Å². The van der Waals surface area contributed by atoms with Crippen LogP contribution in [0.25, 0.3) is 21.5 Å². The summed E-state index contributed by atoms with van der Waals surface area (Å²) >= 11 is 7.91. The van der Waals surface area contributed by atoms with Gasteiger partial charge in [-0.05, 0) is 49.2 Å². The summed E-state index contributed by atoms with van der Waals surface area (Å²) in [4.78, 5) is 24.9. The molecule has 0 N–H and O–H groups in total. The van der Waals surface area contributed by atoms with Gasteiger partial charge in [0.15, 0.2) is 5.13 Å². The molecule has 0 saturated heterocycles. The van der Waals surface area contributed by atoms with E-state index >= 15 is 0 Å². The third-order valence-electron chi connectivity index (χ3n) is 5.58. The first-order chi connectivity index (χ1) is 16.5. The first-order valence-electron chi connectivity index (χ1n) is 10.9. The van der Waals surface area contributed by atoms with Crippen LogP contribution in [0.5, 0.6) is 0 Å². The van der Waals surface area contributed by atoms with Crippen molar-refractivity contribution < 1.29 is 9.32 Å². The number of nitrogens with zero attached hydrogens (tertiary/aromatic N) is 4. The van der Waals surface area contributed by atoms with Gasteiger partial charge >= 0.3 is 0 Å². The molecule has 0 atom stereocenters. The summed E-state index contributed by atoms with van der Waals surface area (Å²) in [5.41, 5.74) is 4.23. The Morgan fingerprint density at radius 3 is 2.71 bits per heavy atom. The Morgan fingerprint density at radius 1 is 1.12 bits per heavy atom. The minimum absolute atomic E-state index is 0.257. The van der Waals surface area contributed by atoms with Crippen LogP contribution in [0.2, 0.25) is 5.02 Å². The van der Waals surface area contributed by atoms with E-state index in [0.29, 0.717) is 32.7 Å². The van der Waals surface area contributed by atoms with Crippen LogP contribution < -0.4 is 4.90 Å². The summed E-state index contributed by atoms with van der Waals surface area (Å²) in [5, 5.41) is 5.26. The highest BCUT2D eigenvalue weighted by atomic mass is 35.5. The van der Waals surface area contributed by atoms with Gasteiger partial charge < -0.3 is 4.52 Å². The largest absolute Gasteiger partial charge is 0.360 e. The fourth-order valence-electron chi connectivity index (χ4n) is 3.77. The number of hydrogen-bond acceptors (Lipinski definition) is 6. The maximum absolute atomic E-state index is 14.1. The minimum atomic E-state index is -0.269. The molecule has 3 aromatic heterocycles. The predicted octanol–water partition coefficient (Wildman–Crippen LogP) is 6.72. The van der Waals surface area contributed by atoms with Crippen molar-refractivity contribution in [2.75, 3.05) is 4.90 Å². The van der Waals surface area contributed by atoms with Gasteiger partial charge in [0.2, 0.25) is 0 Å². The van der Waals surface area contributed by atoms with E-state index in [4.69, 9.17) is 21.1 Å². The van der Waals surface area contributed by atoms with Crippen molar-refractivity contribution in [2.45, 2.75) is 26.8 Å². The van der Waals surface area contributed by atoms with Crippen LogP contribution in [0.3, 0.4) is 0 Å². The Morgan fingerprint density at radius 2 is 1.94 bits per heavy atom. The third-order valence-corrected chi connectivity index (χ3v) is 6.95. The summed E-state index contributed by atoms with van der Waals surface area (Å²) in [5.74, 6) is 0.148. The Balaban J connectivity index is 1.63. The van der Waals surface area contributed by atoms with Crippen molar-refractivity contribution >= 4 is 44.2 Å². The number of carbonyl (C=O) groups excluding carboxylic acids is 1. The van der Waals surface area contributed by atoms with E-state index < -0.39 is 0 Å². The number of hydrogen-bond donors (Lipinski definition) is 0. The second kappa shape index (κ2) is 9.37. The Bertz CT molecular complexity index is 1480. The van der Waals surface area contributed by atoms with Crippen LogP contribution in [0, 0.1) is 6.92 Å². The fraction of sp³-hybridized carbons (Fsp3) is 0.154. The number of pyridine rings is 1. The molecule has 2 aromatic carbocycles. The van der Waals surface area contributed by atoms with E-state index in [1.54, 1.807) is 24.1 Å². The predicted molar refractivity (Wildman–Crippen MR) is 135 cm³/mol. The van der Waals surface area contributed by atoms with E-state index in [9.17, 15) is 4.79 Å². The quantitative estimate of drug-likeness (QED) is 0.265. The van der Waals surface area contributed by atoms with E-state index in [2.05, 4.69) is 29.2 Å². The fourth-order valence-corrected chi connectivity index (χ4v) is 5.02. The molecule has 0 unspecified atom stereocenters. The van der Waals surface area contributed by atoms with E-state index in [1.807, 2.05) is 42.5 Å². The van der Waals surface area contributed by atoms with Gasteiger partial charge in [-0.15, -0.1) is 0 Å². The molecule has 8 heteroatoms. The molecule has 0 spiro atoms. The maximum Gasteiger partial charge on any atom is 0.266 e. The standard InChI is InChI=1S/C26H21ClN4O2S/c1-3-17-11-12-21-22(14-17)34-26(29-21)31(15-18-8-6-7-13-28-18)25(32)23-16(2)33-30-24(23)19-9-4-5-10-20(19)27/h4-14H,3,15H2,1-2H3. The van der Waals surface area contributed by atoms with Crippen molar-refractivity contribution in [3.8, 4) is 11.3 Å². The zero-order valence-electron chi connectivity index (χ0n) is 18.7. The molecule has 0 fully saturated rings. The molecule has 5 aromatic rings. The summed E-state index contributed by atoms with van der Waals surface area (Å²) in [6, 6.07) is 19.1. The van der Waals surface area contributed by atoms with Gasteiger partial charge in [0, 0.05) is 11.8 Å². The van der Waals surface area contributed by atoms with Gasteiger partial charge in [-0.25, -0.2) is 4.98 Å².